The molecule has 0 saturated carbocycles. The van der Waals surface area contributed by atoms with Crippen molar-refractivity contribution in [2.45, 2.75) is 40.2 Å². The molecule has 82 valence electrons. The number of nitrogens with zero attached hydrogens (tertiary/aromatic N) is 1. The largest absolute Gasteiger partial charge is 0.360 e. The molecule has 0 bridgehead atoms. The zero-order valence-corrected chi connectivity index (χ0v) is 10.5. The van der Waals surface area contributed by atoms with Gasteiger partial charge in [-0.3, -0.25) is 0 Å². The fourth-order valence-electron chi connectivity index (χ4n) is 1.85. The Hall–Kier alpha value is -0.310. The van der Waals surface area contributed by atoms with Crippen LogP contribution in [0.5, 0.6) is 0 Å². The third-order valence-corrected chi connectivity index (χ3v) is 3.24. The summed E-state index contributed by atoms with van der Waals surface area (Å²) in [6.07, 6.45) is 1.29. The first kappa shape index (κ1) is 11.8. The predicted molar refractivity (Wildman–Crippen MR) is 65.4 cm³/mol. The Bertz CT molecular complexity index is 201. The van der Waals surface area contributed by atoms with E-state index in [9.17, 15) is 0 Å². The Labute approximate surface area is 93.1 Å². The maximum Gasteiger partial charge on any atom is 0.169 e. The number of hydrogen-bond acceptors (Lipinski definition) is 1. The van der Waals surface area contributed by atoms with Crippen LogP contribution in [-0.2, 0) is 0 Å². The Balaban J connectivity index is 2.38. The molecule has 3 heteroatoms. The normalized spacial score (nSPS) is 22.1. The monoisotopic (exact) mass is 214 g/mol. The third-order valence-electron chi connectivity index (χ3n) is 2.87. The SMILES string of the molecule is CC(C)NC(=S)N1CCC(C(C)C)C1. The van der Waals surface area contributed by atoms with Gasteiger partial charge in [0.15, 0.2) is 5.11 Å². The van der Waals surface area contributed by atoms with E-state index < -0.39 is 0 Å². The quantitative estimate of drug-likeness (QED) is 0.710. The molecule has 0 aromatic rings. The van der Waals surface area contributed by atoms with Gasteiger partial charge in [-0.25, -0.2) is 0 Å². The van der Waals surface area contributed by atoms with Crippen molar-refractivity contribution < 1.29 is 0 Å². The number of hydrogen-bond donors (Lipinski definition) is 1. The molecule has 1 saturated heterocycles. The van der Waals surface area contributed by atoms with E-state index in [0.717, 1.165) is 30.0 Å². The zero-order chi connectivity index (χ0) is 10.7. The smallest absolute Gasteiger partial charge is 0.169 e. The summed E-state index contributed by atoms with van der Waals surface area (Å²) >= 11 is 5.34. The number of thiocarbonyl (C=S) groups is 1. The maximum atomic E-state index is 5.34. The molecule has 0 aromatic heterocycles. The molecule has 0 radical (unpaired) electrons. The van der Waals surface area contributed by atoms with Gasteiger partial charge < -0.3 is 10.2 Å². The molecule has 14 heavy (non-hydrogen) atoms. The van der Waals surface area contributed by atoms with Gasteiger partial charge >= 0.3 is 0 Å². The van der Waals surface area contributed by atoms with Crippen LogP contribution in [0, 0.1) is 11.8 Å². The van der Waals surface area contributed by atoms with Crippen molar-refractivity contribution in [2.75, 3.05) is 13.1 Å². The van der Waals surface area contributed by atoms with Crippen LogP contribution in [0.15, 0.2) is 0 Å². The summed E-state index contributed by atoms with van der Waals surface area (Å²) < 4.78 is 0. The molecule has 1 rings (SSSR count). The highest BCUT2D eigenvalue weighted by Gasteiger charge is 2.26. The van der Waals surface area contributed by atoms with E-state index in [1.807, 2.05) is 0 Å². The van der Waals surface area contributed by atoms with Crippen molar-refractivity contribution in [3.05, 3.63) is 0 Å². The van der Waals surface area contributed by atoms with Crippen LogP contribution in [0.3, 0.4) is 0 Å². The number of nitrogens with one attached hydrogen (secondary N) is 1. The van der Waals surface area contributed by atoms with E-state index in [-0.39, 0.29) is 0 Å². The molecular weight excluding hydrogens is 192 g/mol. The van der Waals surface area contributed by atoms with E-state index >= 15 is 0 Å². The van der Waals surface area contributed by atoms with Crippen LogP contribution in [0.1, 0.15) is 34.1 Å². The van der Waals surface area contributed by atoms with Gasteiger partial charge in [0.2, 0.25) is 0 Å². The zero-order valence-electron chi connectivity index (χ0n) is 9.71. The van der Waals surface area contributed by atoms with Crippen molar-refractivity contribution in [3.63, 3.8) is 0 Å². The lowest BCUT2D eigenvalue weighted by atomic mass is 9.95. The highest BCUT2D eigenvalue weighted by molar-refractivity contribution is 7.80. The van der Waals surface area contributed by atoms with Crippen molar-refractivity contribution in [1.82, 2.24) is 10.2 Å². The Morgan fingerprint density at radius 1 is 1.36 bits per heavy atom. The molecule has 0 aliphatic carbocycles. The third kappa shape index (κ3) is 3.12. The van der Waals surface area contributed by atoms with Crippen LogP contribution >= 0.6 is 12.2 Å². The first-order valence-corrected chi connectivity index (χ1v) is 5.97. The van der Waals surface area contributed by atoms with E-state index in [2.05, 4.69) is 37.9 Å². The van der Waals surface area contributed by atoms with Gasteiger partial charge in [-0.15, -0.1) is 0 Å². The standard InChI is InChI=1S/C11H22N2S/c1-8(2)10-5-6-13(7-10)11(14)12-9(3)4/h8-10H,5-7H2,1-4H3,(H,12,14). The van der Waals surface area contributed by atoms with Crippen LogP contribution in [0.25, 0.3) is 0 Å². The van der Waals surface area contributed by atoms with E-state index in [0.29, 0.717) is 6.04 Å². The molecule has 1 atom stereocenters. The fraction of sp³-hybridized carbons (Fsp3) is 0.909. The van der Waals surface area contributed by atoms with Gasteiger partial charge in [0, 0.05) is 19.1 Å². The van der Waals surface area contributed by atoms with Crippen LogP contribution < -0.4 is 5.32 Å². The molecule has 1 heterocycles. The van der Waals surface area contributed by atoms with Gasteiger partial charge in [0.1, 0.15) is 0 Å². The highest BCUT2D eigenvalue weighted by atomic mass is 32.1. The summed E-state index contributed by atoms with van der Waals surface area (Å²) in [5.41, 5.74) is 0. The summed E-state index contributed by atoms with van der Waals surface area (Å²) in [6, 6.07) is 0.445. The summed E-state index contributed by atoms with van der Waals surface area (Å²) in [4.78, 5) is 2.31. The van der Waals surface area contributed by atoms with Crippen molar-refractivity contribution >= 4 is 17.3 Å². The fourth-order valence-corrected chi connectivity index (χ4v) is 2.26. The topological polar surface area (TPSA) is 15.3 Å². The number of likely N-dealkylation sites (tertiary alicyclic amines) is 1. The Kier molecular flexibility index (Phi) is 4.17. The predicted octanol–water partition coefficient (Wildman–Crippen LogP) is 2.25. The van der Waals surface area contributed by atoms with Crippen LogP contribution in [0.4, 0.5) is 0 Å². The van der Waals surface area contributed by atoms with Crippen LogP contribution in [0.2, 0.25) is 0 Å². The molecule has 2 nitrogen and oxygen atoms in total. The average Bonchev–Trinajstić information content (AvgIpc) is 2.50. The Morgan fingerprint density at radius 2 is 2.00 bits per heavy atom. The minimum Gasteiger partial charge on any atom is -0.360 e. The molecule has 1 aliphatic heterocycles. The van der Waals surface area contributed by atoms with Gasteiger partial charge in [0.05, 0.1) is 0 Å². The van der Waals surface area contributed by atoms with E-state index in [1.165, 1.54) is 6.42 Å². The number of rotatable bonds is 2. The molecule has 1 unspecified atom stereocenters. The van der Waals surface area contributed by atoms with E-state index in [4.69, 9.17) is 12.2 Å². The molecule has 0 amide bonds. The van der Waals surface area contributed by atoms with Gasteiger partial charge in [-0.2, -0.15) is 0 Å². The van der Waals surface area contributed by atoms with E-state index in [1.54, 1.807) is 0 Å². The highest BCUT2D eigenvalue weighted by Crippen LogP contribution is 2.23. The second-order valence-corrected chi connectivity index (χ2v) is 5.23. The van der Waals surface area contributed by atoms with Crippen LogP contribution in [-0.4, -0.2) is 29.1 Å². The molecule has 1 aliphatic rings. The molecule has 0 aromatic carbocycles. The molecular formula is C11H22N2S. The van der Waals surface area contributed by atoms with Gasteiger partial charge in [-0.05, 0) is 44.3 Å². The molecule has 1 N–H and O–H groups in total. The van der Waals surface area contributed by atoms with Gasteiger partial charge in [-0.1, -0.05) is 13.8 Å². The van der Waals surface area contributed by atoms with Crippen molar-refractivity contribution in [3.8, 4) is 0 Å². The summed E-state index contributed by atoms with van der Waals surface area (Å²) in [5.74, 6) is 1.60. The first-order chi connectivity index (χ1) is 6.50. The second kappa shape index (κ2) is 4.96. The minimum absolute atomic E-state index is 0.445. The Morgan fingerprint density at radius 3 is 2.43 bits per heavy atom. The first-order valence-electron chi connectivity index (χ1n) is 5.56. The summed E-state index contributed by atoms with van der Waals surface area (Å²) in [6.45, 7) is 11.1. The molecule has 1 fully saturated rings. The van der Waals surface area contributed by atoms with Crippen molar-refractivity contribution in [1.29, 1.82) is 0 Å². The molecule has 0 spiro atoms. The lowest BCUT2D eigenvalue weighted by Crippen LogP contribution is -2.41. The summed E-state index contributed by atoms with van der Waals surface area (Å²) in [5, 5.41) is 4.23. The second-order valence-electron chi connectivity index (χ2n) is 4.84. The summed E-state index contributed by atoms with van der Waals surface area (Å²) in [7, 11) is 0. The van der Waals surface area contributed by atoms with Crippen molar-refractivity contribution in [2.24, 2.45) is 11.8 Å². The minimum atomic E-state index is 0.445. The van der Waals surface area contributed by atoms with Gasteiger partial charge in [0.25, 0.3) is 0 Å². The lowest BCUT2D eigenvalue weighted by molar-refractivity contribution is 0.386. The lowest BCUT2D eigenvalue weighted by Gasteiger charge is -2.23. The maximum absolute atomic E-state index is 5.34. The average molecular weight is 214 g/mol.